The molecule has 130 valence electrons. The highest BCUT2D eigenvalue weighted by molar-refractivity contribution is 5.64. The van der Waals surface area contributed by atoms with Gasteiger partial charge in [0.15, 0.2) is 0 Å². The van der Waals surface area contributed by atoms with Crippen molar-refractivity contribution in [1.29, 1.82) is 5.26 Å². The van der Waals surface area contributed by atoms with E-state index in [1.54, 1.807) is 6.92 Å². The maximum Gasteiger partial charge on any atom is 0.401 e. The van der Waals surface area contributed by atoms with Crippen LogP contribution in [0.2, 0.25) is 0 Å². The molecule has 0 aliphatic carbocycles. The Morgan fingerprint density at radius 3 is 2.79 bits per heavy atom. The Bertz CT molecular complexity index is 670. The van der Waals surface area contributed by atoms with Crippen LogP contribution in [-0.4, -0.2) is 42.2 Å². The fraction of sp³-hybridized carbons (Fsp3) is 0.533. The molecule has 1 N–H and O–H groups in total. The molecule has 1 saturated heterocycles. The molecule has 1 aliphatic rings. The fourth-order valence-electron chi connectivity index (χ4n) is 2.87. The first-order chi connectivity index (χ1) is 11.2. The van der Waals surface area contributed by atoms with Crippen molar-refractivity contribution in [2.24, 2.45) is 5.92 Å². The van der Waals surface area contributed by atoms with Crippen molar-refractivity contribution in [3.05, 3.63) is 33.4 Å². The molecule has 6 nitrogen and oxygen atoms in total. The molecule has 1 aromatic carbocycles. The van der Waals surface area contributed by atoms with E-state index in [9.17, 15) is 23.3 Å². The van der Waals surface area contributed by atoms with Gasteiger partial charge >= 0.3 is 6.18 Å². The van der Waals surface area contributed by atoms with Gasteiger partial charge in [-0.15, -0.1) is 0 Å². The summed E-state index contributed by atoms with van der Waals surface area (Å²) in [6.07, 6.45) is -3.58. The molecule has 1 fully saturated rings. The molecule has 1 aliphatic heterocycles. The lowest BCUT2D eigenvalue weighted by molar-refractivity contribution is -0.385. The van der Waals surface area contributed by atoms with Gasteiger partial charge < -0.3 is 5.32 Å². The zero-order valence-electron chi connectivity index (χ0n) is 13.1. The smallest absolute Gasteiger partial charge is 0.384 e. The van der Waals surface area contributed by atoms with Crippen LogP contribution in [0.15, 0.2) is 12.1 Å². The summed E-state index contributed by atoms with van der Waals surface area (Å²) in [7, 11) is 0. The van der Waals surface area contributed by atoms with Crippen LogP contribution in [0.4, 0.5) is 24.5 Å². The first kappa shape index (κ1) is 18.0. The van der Waals surface area contributed by atoms with E-state index in [1.165, 1.54) is 17.0 Å². The third kappa shape index (κ3) is 4.58. The summed E-state index contributed by atoms with van der Waals surface area (Å²) in [6, 6.07) is 4.60. The van der Waals surface area contributed by atoms with Gasteiger partial charge in [0.2, 0.25) is 0 Å². The van der Waals surface area contributed by atoms with E-state index in [0.717, 1.165) is 0 Å². The van der Waals surface area contributed by atoms with Gasteiger partial charge in [-0.3, -0.25) is 15.0 Å². The number of nitrogens with one attached hydrogen (secondary N) is 1. The molecule has 1 unspecified atom stereocenters. The van der Waals surface area contributed by atoms with Crippen molar-refractivity contribution in [2.75, 3.05) is 31.5 Å². The van der Waals surface area contributed by atoms with Gasteiger partial charge in [-0.25, -0.2) is 0 Å². The van der Waals surface area contributed by atoms with Crippen LogP contribution in [0.25, 0.3) is 0 Å². The second-order valence-electron chi connectivity index (χ2n) is 5.92. The number of nitro groups is 1. The average molecular weight is 342 g/mol. The van der Waals surface area contributed by atoms with Gasteiger partial charge in [-0.1, -0.05) is 0 Å². The summed E-state index contributed by atoms with van der Waals surface area (Å²) in [6.45, 7) is 1.76. The van der Waals surface area contributed by atoms with E-state index < -0.39 is 17.6 Å². The van der Waals surface area contributed by atoms with Crippen molar-refractivity contribution >= 4 is 11.4 Å². The number of nitro benzene ring substituents is 1. The SMILES string of the molecule is Cc1c(NCC2CCN(CC(F)(F)F)C2)cc(C#N)cc1[N+](=O)[O-]. The topological polar surface area (TPSA) is 82.2 Å². The molecule has 24 heavy (non-hydrogen) atoms. The van der Waals surface area contributed by atoms with Gasteiger partial charge in [-0.05, 0) is 31.9 Å². The van der Waals surface area contributed by atoms with Crippen LogP contribution < -0.4 is 5.32 Å². The van der Waals surface area contributed by atoms with Crippen LogP contribution in [0.3, 0.4) is 0 Å². The Morgan fingerprint density at radius 2 is 2.21 bits per heavy atom. The monoisotopic (exact) mass is 342 g/mol. The van der Waals surface area contributed by atoms with Crippen LogP contribution >= 0.6 is 0 Å². The summed E-state index contributed by atoms with van der Waals surface area (Å²) in [5, 5.41) is 23.0. The Labute approximate surface area is 137 Å². The molecular formula is C15H17F3N4O2. The number of halogens is 3. The van der Waals surface area contributed by atoms with E-state index in [-0.39, 0.29) is 17.2 Å². The lowest BCUT2D eigenvalue weighted by Gasteiger charge is -2.18. The molecular weight excluding hydrogens is 325 g/mol. The number of benzene rings is 1. The van der Waals surface area contributed by atoms with Crippen LogP contribution in [0.5, 0.6) is 0 Å². The average Bonchev–Trinajstić information content (AvgIpc) is 2.91. The highest BCUT2D eigenvalue weighted by atomic mass is 19.4. The second kappa shape index (κ2) is 7.05. The molecule has 0 aromatic heterocycles. The summed E-state index contributed by atoms with van der Waals surface area (Å²) in [5.74, 6) is 0.0246. The van der Waals surface area contributed by atoms with Gasteiger partial charge in [0, 0.05) is 30.4 Å². The lowest BCUT2D eigenvalue weighted by atomic mass is 10.1. The Hall–Kier alpha value is -2.34. The van der Waals surface area contributed by atoms with Gasteiger partial charge in [0.25, 0.3) is 5.69 Å². The minimum atomic E-state index is -4.21. The third-order valence-corrected chi connectivity index (χ3v) is 4.06. The van der Waals surface area contributed by atoms with E-state index in [2.05, 4.69) is 5.32 Å². The predicted octanol–water partition coefficient (Wildman–Crippen LogP) is 3.07. The highest BCUT2D eigenvalue weighted by Gasteiger charge is 2.34. The largest absolute Gasteiger partial charge is 0.401 e. The van der Waals surface area contributed by atoms with E-state index in [4.69, 9.17) is 5.26 Å². The first-order valence-corrected chi connectivity index (χ1v) is 7.41. The van der Waals surface area contributed by atoms with Crippen molar-refractivity contribution < 1.29 is 18.1 Å². The number of hydrogen-bond acceptors (Lipinski definition) is 5. The maximum absolute atomic E-state index is 12.4. The van der Waals surface area contributed by atoms with Crippen molar-refractivity contribution in [1.82, 2.24) is 4.90 Å². The summed E-state index contributed by atoms with van der Waals surface area (Å²) in [5.41, 5.74) is 0.890. The number of alkyl halides is 3. The van der Waals surface area contributed by atoms with Gasteiger partial charge in [0.1, 0.15) is 0 Å². The normalized spacial score (nSPS) is 18.4. The van der Waals surface area contributed by atoms with Gasteiger partial charge in [0.05, 0.1) is 23.1 Å². The molecule has 0 bridgehead atoms. The minimum absolute atomic E-state index is 0.0246. The Morgan fingerprint density at radius 1 is 1.50 bits per heavy atom. The maximum atomic E-state index is 12.4. The second-order valence-corrected chi connectivity index (χ2v) is 5.92. The summed E-state index contributed by atoms with van der Waals surface area (Å²) >= 11 is 0. The van der Waals surface area contributed by atoms with Gasteiger partial charge in [-0.2, -0.15) is 18.4 Å². The van der Waals surface area contributed by atoms with Crippen LogP contribution in [-0.2, 0) is 0 Å². The van der Waals surface area contributed by atoms with Crippen LogP contribution in [0.1, 0.15) is 17.5 Å². The molecule has 1 atom stereocenters. The van der Waals surface area contributed by atoms with Crippen molar-refractivity contribution in [3.8, 4) is 6.07 Å². The number of hydrogen-bond donors (Lipinski definition) is 1. The van der Waals surface area contributed by atoms with Crippen LogP contribution in [0, 0.1) is 34.3 Å². The van der Waals surface area contributed by atoms with E-state index >= 15 is 0 Å². The first-order valence-electron chi connectivity index (χ1n) is 7.41. The summed E-state index contributed by atoms with van der Waals surface area (Å²) in [4.78, 5) is 11.8. The van der Waals surface area contributed by atoms with E-state index in [0.29, 0.717) is 37.3 Å². The summed E-state index contributed by atoms with van der Waals surface area (Å²) < 4.78 is 37.2. The molecule has 0 spiro atoms. The molecule has 1 aromatic rings. The molecule has 1 heterocycles. The molecule has 9 heteroatoms. The molecule has 0 saturated carbocycles. The fourth-order valence-corrected chi connectivity index (χ4v) is 2.87. The highest BCUT2D eigenvalue weighted by Crippen LogP contribution is 2.29. The predicted molar refractivity (Wildman–Crippen MR) is 81.6 cm³/mol. The van der Waals surface area contributed by atoms with E-state index in [1.807, 2.05) is 6.07 Å². The minimum Gasteiger partial charge on any atom is -0.384 e. The lowest BCUT2D eigenvalue weighted by Crippen LogP contribution is -2.33. The Balaban J connectivity index is 2.01. The molecule has 0 radical (unpaired) electrons. The molecule has 2 rings (SSSR count). The number of nitriles is 1. The van der Waals surface area contributed by atoms with Crippen molar-refractivity contribution in [3.63, 3.8) is 0 Å². The number of rotatable bonds is 5. The standard InChI is InChI=1S/C15H17F3N4O2/c1-10-13(4-12(6-19)5-14(10)22(23)24)20-7-11-2-3-21(8-11)9-15(16,17)18/h4-5,11,20H,2-3,7-9H2,1H3. The Kier molecular flexibility index (Phi) is 5.29. The quantitative estimate of drug-likeness (QED) is 0.657. The van der Waals surface area contributed by atoms with Crippen molar-refractivity contribution in [2.45, 2.75) is 19.5 Å². The number of likely N-dealkylation sites (tertiary alicyclic amines) is 1. The molecule has 0 amide bonds. The zero-order chi connectivity index (χ0) is 17.9. The number of nitrogens with zero attached hydrogens (tertiary/aromatic N) is 3. The zero-order valence-corrected chi connectivity index (χ0v) is 13.1. The third-order valence-electron chi connectivity index (χ3n) is 4.06. The number of anilines is 1.